The number of aromatic nitrogens is 5. The van der Waals surface area contributed by atoms with Crippen LogP contribution < -0.4 is 5.73 Å². The van der Waals surface area contributed by atoms with E-state index in [-0.39, 0.29) is 17.9 Å². The van der Waals surface area contributed by atoms with Crippen LogP contribution in [0.2, 0.25) is 0 Å². The average Bonchev–Trinajstić information content (AvgIpc) is 3.55. The molecule has 0 spiro atoms. The van der Waals surface area contributed by atoms with E-state index in [9.17, 15) is 4.79 Å². The third-order valence-electron chi connectivity index (χ3n) is 7.24. The van der Waals surface area contributed by atoms with Gasteiger partial charge in [-0.3, -0.25) is 9.48 Å². The molecule has 2 N–H and O–H groups in total. The van der Waals surface area contributed by atoms with E-state index in [2.05, 4.69) is 38.1 Å². The maximum Gasteiger partial charge on any atom is 0.307 e. The number of cyclic esters (lactones) is 1. The highest BCUT2D eigenvalue weighted by molar-refractivity contribution is 5.91. The molecule has 1 aromatic carbocycles. The molecule has 4 aromatic rings. The first kappa shape index (κ1) is 21.8. The van der Waals surface area contributed by atoms with Crippen molar-refractivity contribution in [3.8, 4) is 22.5 Å². The highest BCUT2D eigenvalue weighted by Gasteiger charge is 2.42. The quantitative estimate of drug-likeness (QED) is 0.447. The van der Waals surface area contributed by atoms with Crippen molar-refractivity contribution in [3.05, 3.63) is 54.5 Å². The second-order valence-corrected chi connectivity index (χ2v) is 9.81. The number of esters is 1. The maximum atomic E-state index is 12.0. The zero-order valence-electron chi connectivity index (χ0n) is 19.8. The Hall–Kier alpha value is -3.72. The van der Waals surface area contributed by atoms with Crippen LogP contribution in [0.1, 0.15) is 50.6 Å². The number of nitrogen functional groups attached to an aromatic ring is 1. The molecule has 9 heteroatoms. The SMILES string of the molecule is CC1(C)OC(=O)CC1c1cccc(-c2cc(-c3ccnn3C3CCOCC3)c3c(N)ncnn23)c1. The number of benzene rings is 1. The van der Waals surface area contributed by atoms with Crippen molar-refractivity contribution in [2.24, 2.45) is 0 Å². The molecule has 9 nitrogen and oxygen atoms in total. The number of carbonyl (C=O) groups is 1. The fourth-order valence-corrected chi connectivity index (χ4v) is 5.47. The van der Waals surface area contributed by atoms with Gasteiger partial charge >= 0.3 is 5.97 Å². The second kappa shape index (κ2) is 8.20. The predicted octanol–water partition coefficient (Wildman–Crippen LogP) is 4.00. The minimum Gasteiger partial charge on any atom is -0.459 e. The Morgan fingerprint density at radius 2 is 1.91 bits per heavy atom. The number of fused-ring (bicyclic) bond motifs is 1. The number of carbonyl (C=O) groups excluding carboxylic acids is 1. The lowest BCUT2D eigenvalue weighted by atomic mass is 9.84. The van der Waals surface area contributed by atoms with Crippen molar-refractivity contribution < 1.29 is 14.3 Å². The number of anilines is 1. The summed E-state index contributed by atoms with van der Waals surface area (Å²) in [5.41, 5.74) is 11.4. The van der Waals surface area contributed by atoms with E-state index in [0.717, 1.165) is 59.7 Å². The molecular formula is C26H28N6O3. The molecule has 2 fully saturated rings. The van der Waals surface area contributed by atoms with Gasteiger partial charge in [0.25, 0.3) is 0 Å². The van der Waals surface area contributed by atoms with E-state index >= 15 is 0 Å². The van der Waals surface area contributed by atoms with Gasteiger partial charge < -0.3 is 15.2 Å². The van der Waals surface area contributed by atoms with E-state index in [0.29, 0.717) is 12.2 Å². The van der Waals surface area contributed by atoms with E-state index in [4.69, 9.17) is 15.2 Å². The molecule has 0 radical (unpaired) electrons. The van der Waals surface area contributed by atoms with Gasteiger partial charge in [0.1, 0.15) is 17.4 Å². The summed E-state index contributed by atoms with van der Waals surface area (Å²) in [7, 11) is 0. The van der Waals surface area contributed by atoms with Crippen molar-refractivity contribution in [2.75, 3.05) is 18.9 Å². The van der Waals surface area contributed by atoms with Gasteiger partial charge in [0.2, 0.25) is 0 Å². The molecule has 3 aromatic heterocycles. The molecule has 180 valence electrons. The fourth-order valence-electron chi connectivity index (χ4n) is 5.47. The van der Waals surface area contributed by atoms with Gasteiger partial charge in [0.05, 0.1) is 23.9 Å². The Morgan fingerprint density at radius 3 is 2.69 bits per heavy atom. The first-order chi connectivity index (χ1) is 16.9. The van der Waals surface area contributed by atoms with Crippen LogP contribution in [0.3, 0.4) is 0 Å². The van der Waals surface area contributed by atoms with Gasteiger partial charge in [-0.05, 0) is 50.5 Å². The molecule has 1 atom stereocenters. The lowest BCUT2D eigenvalue weighted by molar-refractivity contribution is -0.146. The Morgan fingerprint density at radius 1 is 1.09 bits per heavy atom. The highest BCUT2D eigenvalue weighted by atomic mass is 16.6. The number of hydrogen-bond acceptors (Lipinski definition) is 7. The minimum absolute atomic E-state index is 0.0182. The third-order valence-corrected chi connectivity index (χ3v) is 7.24. The van der Waals surface area contributed by atoms with Gasteiger partial charge in [-0.15, -0.1) is 0 Å². The van der Waals surface area contributed by atoms with Crippen LogP contribution in [0.15, 0.2) is 48.9 Å². The maximum absolute atomic E-state index is 12.0. The average molecular weight is 473 g/mol. The van der Waals surface area contributed by atoms with Gasteiger partial charge in [-0.1, -0.05) is 18.2 Å². The topological polar surface area (TPSA) is 110 Å². The van der Waals surface area contributed by atoms with Crippen molar-refractivity contribution in [1.82, 2.24) is 24.4 Å². The monoisotopic (exact) mass is 472 g/mol. The molecule has 6 rings (SSSR count). The fraction of sp³-hybridized carbons (Fsp3) is 0.385. The van der Waals surface area contributed by atoms with Crippen LogP contribution in [-0.4, -0.2) is 49.2 Å². The van der Waals surface area contributed by atoms with Crippen molar-refractivity contribution in [2.45, 2.75) is 50.7 Å². The van der Waals surface area contributed by atoms with E-state index < -0.39 is 5.60 Å². The van der Waals surface area contributed by atoms with Crippen molar-refractivity contribution in [1.29, 1.82) is 0 Å². The normalized spacial score (nSPS) is 20.4. The standard InChI is InChI=1S/C26H28N6O3/c1-26(2)20(14-23(33)35-26)16-4-3-5-17(12-16)22-13-19(24-25(27)28-15-30-32(22)24)21-6-9-29-31(21)18-7-10-34-11-8-18/h3-6,9,12-13,15,18,20H,7-8,10-11,14H2,1-2H3,(H2,27,28,30). The summed E-state index contributed by atoms with van der Waals surface area (Å²) in [5, 5.41) is 9.20. The van der Waals surface area contributed by atoms with E-state index in [1.165, 1.54) is 6.33 Å². The summed E-state index contributed by atoms with van der Waals surface area (Å²) in [6.45, 7) is 5.39. The highest BCUT2D eigenvalue weighted by Crippen LogP contribution is 2.42. The number of hydrogen-bond donors (Lipinski definition) is 1. The summed E-state index contributed by atoms with van der Waals surface area (Å²) in [6, 6.07) is 12.6. The van der Waals surface area contributed by atoms with Crippen LogP contribution >= 0.6 is 0 Å². The van der Waals surface area contributed by atoms with Crippen LogP contribution in [0, 0.1) is 0 Å². The Kier molecular flexibility index (Phi) is 5.10. The zero-order valence-corrected chi connectivity index (χ0v) is 19.8. The molecule has 5 heterocycles. The predicted molar refractivity (Wildman–Crippen MR) is 131 cm³/mol. The molecule has 35 heavy (non-hydrogen) atoms. The molecule has 2 saturated heterocycles. The zero-order chi connectivity index (χ0) is 24.2. The molecule has 2 aliphatic heterocycles. The number of nitrogens with zero attached hydrogens (tertiary/aromatic N) is 5. The molecule has 0 amide bonds. The number of ether oxygens (including phenoxy) is 2. The lowest BCUT2D eigenvalue weighted by Gasteiger charge is -2.25. The van der Waals surface area contributed by atoms with Gasteiger partial charge in [-0.25, -0.2) is 9.50 Å². The van der Waals surface area contributed by atoms with Crippen molar-refractivity contribution in [3.63, 3.8) is 0 Å². The largest absolute Gasteiger partial charge is 0.459 e. The van der Waals surface area contributed by atoms with Crippen LogP contribution in [0.4, 0.5) is 5.82 Å². The number of nitrogens with two attached hydrogens (primary N) is 1. The van der Waals surface area contributed by atoms with Crippen molar-refractivity contribution >= 4 is 17.3 Å². The van der Waals surface area contributed by atoms with Crippen LogP contribution in [0.25, 0.3) is 28.0 Å². The molecule has 0 saturated carbocycles. The van der Waals surface area contributed by atoms with Gasteiger partial charge in [0.15, 0.2) is 5.82 Å². The Bertz CT molecular complexity index is 1420. The Balaban J connectivity index is 1.48. The summed E-state index contributed by atoms with van der Waals surface area (Å²) in [5.74, 6) is 0.228. The van der Waals surface area contributed by atoms with Crippen LogP contribution in [-0.2, 0) is 14.3 Å². The summed E-state index contributed by atoms with van der Waals surface area (Å²) < 4.78 is 15.0. The van der Waals surface area contributed by atoms with E-state index in [1.807, 2.05) is 42.8 Å². The molecule has 0 bridgehead atoms. The Labute approximate surface area is 202 Å². The first-order valence-corrected chi connectivity index (χ1v) is 12.0. The van der Waals surface area contributed by atoms with E-state index in [1.54, 1.807) is 0 Å². The number of rotatable bonds is 4. The third kappa shape index (κ3) is 3.67. The first-order valence-electron chi connectivity index (χ1n) is 12.0. The smallest absolute Gasteiger partial charge is 0.307 e. The molecule has 0 aliphatic carbocycles. The lowest BCUT2D eigenvalue weighted by Crippen LogP contribution is -2.25. The van der Waals surface area contributed by atoms with Gasteiger partial charge in [0, 0.05) is 36.5 Å². The van der Waals surface area contributed by atoms with Gasteiger partial charge in [-0.2, -0.15) is 10.2 Å². The summed E-state index contributed by atoms with van der Waals surface area (Å²) in [4.78, 5) is 16.3. The molecular weight excluding hydrogens is 444 g/mol. The summed E-state index contributed by atoms with van der Waals surface area (Å²) >= 11 is 0. The molecule has 2 aliphatic rings. The molecule has 1 unspecified atom stereocenters. The minimum atomic E-state index is -0.551. The summed E-state index contributed by atoms with van der Waals surface area (Å²) in [6.07, 6.45) is 5.50. The van der Waals surface area contributed by atoms with Crippen LogP contribution in [0.5, 0.6) is 0 Å². The second-order valence-electron chi connectivity index (χ2n) is 9.81.